The Morgan fingerprint density at radius 1 is 1.80 bits per heavy atom. The lowest BCUT2D eigenvalue weighted by molar-refractivity contribution is 1.21. The predicted molar refractivity (Wildman–Crippen MR) is 46.5 cm³/mol. The van der Waals surface area contributed by atoms with Crippen molar-refractivity contribution in [3.8, 4) is 0 Å². The Labute approximate surface area is 65.5 Å². The van der Waals surface area contributed by atoms with Gasteiger partial charge in [0.1, 0.15) is 0 Å². The van der Waals surface area contributed by atoms with Crippen LogP contribution in [-0.4, -0.2) is 11.2 Å². The number of thioether (sulfide) groups is 1. The molecule has 1 rings (SSSR count). The van der Waals surface area contributed by atoms with Crippen LogP contribution in [0.1, 0.15) is 5.56 Å². The van der Waals surface area contributed by atoms with E-state index in [1.807, 2.05) is 12.3 Å². The summed E-state index contributed by atoms with van der Waals surface area (Å²) < 4.78 is 0. The van der Waals surface area contributed by atoms with Gasteiger partial charge in [0.15, 0.2) is 0 Å². The fraction of sp³-hybridized carbons (Fsp3) is 0.250. The number of allylic oxidation sites excluding steroid dienone is 1. The molecule has 0 aliphatic heterocycles. The predicted octanol–water partition coefficient (Wildman–Crippen LogP) is 2.47. The highest BCUT2D eigenvalue weighted by atomic mass is 32.2. The maximum Gasteiger partial charge on any atom is 0.0721 e. The van der Waals surface area contributed by atoms with Gasteiger partial charge >= 0.3 is 0 Å². The smallest absolute Gasteiger partial charge is 0.0721 e. The van der Waals surface area contributed by atoms with E-state index >= 15 is 0 Å². The van der Waals surface area contributed by atoms with E-state index in [4.69, 9.17) is 0 Å². The zero-order chi connectivity index (χ0) is 7.40. The molecule has 0 atom stereocenters. The summed E-state index contributed by atoms with van der Waals surface area (Å²) in [6.07, 6.45) is 6.95. The van der Waals surface area contributed by atoms with Gasteiger partial charge in [0.25, 0.3) is 0 Å². The van der Waals surface area contributed by atoms with E-state index in [0.717, 1.165) is 6.42 Å². The molecular formula is C8H11NS. The summed E-state index contributed by atoms with van der Waals surface area (Å²) in [5.74, 6) is 0. The van der Waals surface area contributed by atoms with Crippen molar-refractivity contribution in [1.29, 1.82) is 0 Å². The molecule has 0 saturated carbocycles. The van der Waals surface area contributed by atoms with Gasteiger partial charge in [-0.2, -0.15) is 0 Å². The molecule has 1 nitrogen and oxygen atoms in total. The quantitative estimate of drug-likeness (QED) is 0.521. The summed E-state index contributed by atoms with van der Waals surface area (Å²) >= 11 is 1.73. The zero-order valence-corrected chi connectivity index (χ0v) is 6.87. The van der Waals surface area contributed by atoms with Crippen LogP contribution < -0.4 is 0 Å². The van der Waals surface area contributed by atoms with Crippen molar-refractivity contribution in [2.24, 2.45) is 0 Å². The number of rotatable bonds is 3. The lowest BCUT2D eigenvalue weighted by Crippen LogP contribution is -1.70. The first kappa shape index (κ1) is 7.48. The number of aromatic amines is 1. The van der Waals surface area contributed by atoms with Gasteiger partial charge in [-0.3, -0.25) is 0 Å². The summed E-state index contributed by atoms with van der Waals surface area (Å²) in [7, 11) is 0. The van der Waals surface area contributed by atoms with E-state index in [0.29, 0.717) is 0 Å². The molecule has 0 saturated heterocycles. The maximum atomic E-state index is 3.67. The van der Waals surface area contributed by atoms with E-state index in [2.05, 4.69) is 23.9 Å². The maximum absolute atomic E-state index is 3.67. The number of aromatic nitrogens is 1. The average Bonchev–Trinajstić information content (AvgIpc) is 2.37. The second-order valence-electron chi connectivity index (χ2n) is 2.07. The van der Waals surface area contributed by atoms with Crippen molar-refractivity contribution in [3.63, 3.8) is 0 Å². The molecule has 1 aromatic rings. The van der Waals surface area contributed by atoms with Crippen LogP contribution in [0.3, 0.4) is 0 Å². The average molecular weight is 153 g/mol. The highest BCUT2D eigenvalue weighted by Crippen LogP contribution is 2.14. The van der Waals surface area contributed by atoms with Gasteiger partial charge in [-0.25, -0.2) is 0 Å². The minimum absolute atomic E-state index is 0.955. The van der Waals surface area contributed by atoms with E-state index in [9.17, 15) is 0 Å². The van der Waals surface area contributed by atoms with Crippen LogP contribution in [0.4, 0.5) is 0 Å². The van der Waals surface area contributed by atoms with Crippen LogP contribution in [-0.2, 0) is 6.42 Å². The molecule has 54 valence electrons. The SMILES string of the molecule is C=CCc1c[nH]c(SC)c1. The fourth-order valence-electron chi connectivity index (χ4n) is 0.818. The second-order valence-corrected chi connectivity index (χ2v) is 2.92. The van der Waals surface area contributed by atoms with Crippen LogP contribution in [0.15, 0.2) is 29.9 Å². The molecule has 0 unspecified atom stereocenters. The summed E-state index contributed by atoms with van der Waals surface area (Å²) in [6, 6.07) is 2.15. The van der Waals surface area contributed by atoms with Crippen molar-refractivity contribution in [3.05, 3.63) is 30.5 Å². The normalized spacial score (nSPS) is 9.70. The Morgan fingerprint density at radius 2 is 2.60 bits per heavy atom. The van der Waals surface area contributed by atoms with Crippen LogP contribution in [0, 0.1) is 0 Å². The molecule has 0 aromatic carbocycles. The fourth-order valence-corrected chi connectivity index (χ4v) is 1.26. The van der Waals surface area contributed by atoms with Gasteiger partial charge in [0.2, 0.25) is 0 Å². The molecule has 1 N–H and O–H groups in total. The third-order valence-electron chi connectivity index (χ3n) is 1.32. The zero-order valence-electron chi connectivity index (χ0n) is 6.05. The van der Waals surface area contributed by atoms with Crippen LogP contribution in [0.2, 0.25) is 0 Å². The Hall–Kier alpha value is -0.630. The van der Waals surface area contributed by atoms with Gasteiger partial charge < -0.3 is 4.98 Å². The molecule has 0 aliphatic rings. The number of H-pyrrole nitrogens is 1. The molecule has 10 heavy (non-hydrogen) atoms. The first-order valence-corrected chi connectivity index (χ1v) is 4.41. The van der Waals surface area contributed by atoms with Gasteiger partial charge in [-0.05, 0) is 24.3 Å². The minimum Gasteiger partial charge on any atom is -0.356 e. The van der Waals surface area contributed by atoms with E-state index in [-0.39, 0.29) is 0 Å². The van der Waals surface area contributed by atoms with Gasteiger partial charge in [0.05, 0.1) is 5.03 Å². The molecule has 0 spiro atoms. The number of nitrogens with one attached hydrogen (secondary N) is 1. The summed E-state index contributed by atoms with van der Waals surface area (Å²) in [6.45, 7) is 3.67. The Bertz CT molecular complexity index is 215. The van der Waals surface area contributed by atoms with Crippen LogP contribution >= 0.6 is 11.8 Å². The third kappa shape index (κ3) is 1.67. The molecule has 0 aliphatic carbocycles. The molecule has 1 aromatic heterocycles. The van der Waals surface area contributed by atoms with Crippen molar-refractivity contribution >= 4 is 11.8 Å². The third-order valence-corrected chi connectivity index (χ3v) is 1.99. The summed E-state index contributed by atoms with van der Waals surface area (Å²) in [5.41, 5.74) is 1.30. The van der Waals surface area contributed by atoms with Crippen molar-refractivity contribution < 1.29 is 0 Å². The molecule has 1 heterocycles. The molecule has 0 amide bonds. The molecule has 0 bridgehead atoms. The lowest BCUT2D eigenvalue weighted by atomic mass is 10.2. The molecule has 0 radical (unpaired) electrons. The highest BCUT2D eigenvalue weighted by molar-refractivity contribution is 7.98. The van der Waals surface area contributed by atoms with Crippen molar-refractivity contribution in [2.45, 2.75) is 11.4 Å². The van der Waals surface area contributed by atoms with Gasteiger partial charge in [-0.1, -0.05) is 6.08 Å². The molecule has 2 heteroatoms. The van der Waals surface area contributed by atoms with Gasteiger partial charge in [-0.15, -0.1) is 18.3 Å². The number of hydrogen-bond acceptors (Lipinski definition) is 1. The largest absolute Gasteiger partial charge is 0.356 e. The first-order valence-electron chi connectivity index (χ1n) is 3.19. The highest BCUT2D eigenvalue weighted by Gasteiger charge is 1.93. The number of hydrogen-bond donors (Lipinski definition) is 1. The standard InChI is InChI=1S/C8H11NS/c1-3-4-7-5-8(10-2)9-6-7/h3,5-6,9H,1,4H2,2H3. The summed E-state index contributed by atoms with van der Waals surface area (Å²) in [4.78, 5) is 3.16. The Balaban J connectivity index is 2.67. The first-order chi connectivity index (χ1) is 4.86. The lowest BCUT2D eigenvalue weighted by Gasteiger charge is -1.84. The monoisotopic (exact) mass is 153 g/mol. The van der Waals surface area contributed by atoms with E-state index in [1.54, 1.807) is 11.8 Å². The van der Waals surface area contributed by atoms with Crippen molar-refractivity contribution in [2.75, 3.05) is 6.26 Å². The van der Waals surface area contributed by atoms with Gasteiger partial charge in [0, 0.05) is 6.20 Å². The topological polar surface area (TPSA) is 15.8 Å². The van der Waals surface area contributed by atoms with Crippen molar-refractivity contribution in [1.82, 2.24) is 4.98 Å². The second kappa shape index (κ2) is 3.52. The molecular weight excluding hydrogens is 142 g/mol. The summed E-state index contributed by atoms with van der Waals surface area (Å²) in [5, 5.41) is 1.22. The van der Waals surface area contributed by atoms with Crippen LogP contribution in [0.5, 0.6) is 0 Å². The Kier molecular flexibility index (Phi) is 2.63. The van der Waals surface area contributed by atoms with E-state index < -0.39 is 0 Å². The van der Waals surface area contributed by atoms with E-state index in [1.165, 1.54) is 10.6 Å². The molecule has 0 fully saturated rings. The Morgan fingerprint density at radius 3 is 3.10 bits per heavy atom. The minimum atomic E-state index is 0.955. The van der Waals surface area contributed by atoms with Crippen LogP contribution in [0.25, 0.3) is 0 Å².